The lowest BCUT2D eigenvalue weighted by molar-refractivity contribution is -0.135. The van der Waals surface area contributed by atoms with E-state index >= 15 is 0 Å². The van der Waals surface area contributed by atoms with Gasteiger partial charge >= 0.3 is 0 Å². The molecule has 1 aliphatic rings. The maximum Gasteiger partial charge on any atom is 0.244 e. The Bertz CT molecular complexity index is 886. The van der Waals surface area contributed by atoms with Gasteiger partial charge in [0.1, 0.15) is 5.54 Å². The van der Waals surface area contributed by atoms with Gasteiger partial charge in [0.2, 0.25) is 11.8 Å². The SMILES string of the molecule is CC1(Cc2ccccc2)NC(=O)C(C(=O)Nc2cccc(Cl)c2Cl)C1=O. The van der Waals surface area contributed by atoms with Gasteiger partial charge in [0.25, 0.3) is 0 Å². The first-order valence-corrected chi connectivity index (χ1v) is 8.72. The van der Waals surface area contributed by atoms with Crippen molar-refractivity contribution in [2.75, 3.05) is 5.32 Å². The number of Topliss-reactive ketones (excluding diaryl/α,β-unsaturated/α-hetero) is 1. The summed E-state index contributed by atoms with van der Waals surface area (Å²) in [6.07, 6.45) is 0.306. The number of ketones is 1. The average Bonchev–Trinajstić information content (AvgIpc) is 2.81. The maximum absolute atomic E-state index is 12.8. The fraction of sp³-hybridized carbons (Fsp3) is 0.211. The number of hydrogen-bond donors (Lipinski definition) is 2. The summed E-state index contributed by atoms with van der Waals surface area (Å²) < 4.78 is 0. The number of nitrogens with one attached hydrogen (secondary N) is 2. The van der Waals surface area contributed by atoms with Crippen LogP contribution in [0.15, 0.2) is 48.5 Å². The zero-order chi connectivity index (χ0) is 18.9. The number of amides is 2. The van der Waals surface area contributed by atoms with Gasteiger partial charge in [0.15, 0.2) is 11.7 Å². The molecule has 3 rings (SSSR count). The predicted molar refractivity (Wildman–Crippen MR) is 100 cm³/mol. The number of halogens is 2. The van der Waals surface area contributed by atoms with Gasteiger partial charge < -0.3 is 10.6 Å². The van der Waals surface area contributed by atoms with Crippen LogP contribution in [0.1, 0.15) is 12.5 Å². The molecule has 1 fully saturated rings. The second-order valence-electron chi connectivity index (χ2n) is 6.37. The molecule has 134 valence electrons. The van der Waals surface area contributed by atoms with Gasteiger partial charge in [-0.2, -0.15) is 0 Å². The molecule has 0 radical (unpaired) electrons. The smallest absolute Gasteiger partial charge is 0.244 e. The fourth-order valence-electron chi connectivity index (χ4n) is 3.02. The molecule has 2 aromatic carbocycles. The molecule has 2 atom stereocenters. The van der Waals surface area contributed by atoms with Gasteiger partial charge in [0.05, 0.1) is 15.7 Å². The van der Waals surface area contributed by atoms with Crippen LogP contribution in [0.2, 0.25) is 10.0 Å². The minimum absolute atomic E-state index is 0.153. The summed E-state index contributed by atoms with van der Waals surface area (Å²) in [6, 6.07) is 14.0. The number of anilines is 1. The number of hydrogen-bond acceptors (Lipinski definition) is 3. The first kappa shape index (κ1) is 18.4. The van der Waals surface area contributed by atoms with Gasteiger partial charge in [-0.25, -0.2) is 0 Å². The largest absolute Gasteiger partial charge is 0.342 e. The van der Waals surface area contributed by atoms with Crippen LogP contribution < -0.4 is 10.6 Å². The highest BCUT2D eigenvalue weighted by atomic mass is 35.5. The highest BCUT2D eigenvalue weighted by molar-refractivity contribution is 6.44. The summed E-state index contributed by atoms with van der Waals surface area (Å²) in [5.41, 5.74) is 0.00231. The zero-order valence-electron chi connectivity index (χ0n) is 13.9. The van der Waals surface area contributed by atoms with Gasteiger partial charge in [0, 0.05) is 6.42 Å². The van der Waals surface area contributed by atoms with Crippen molar-refractivity contribution < 1.29 is 14.4 Å². The number of carbonyl (C=O) groups excluding carboxylic acids is 3. The molecular weight excluding hydrogens is 375 g/mol. The Morgan fingerprint density at radius 2 is 1.81 bits per heavy atom. The Morgan fingerprint density at radius 1 is 1.12 bits per heavy atom. The van der Waals surface area contributed by atoms with Crippen molar-refractivity contribution in [1.29, 1.82) is 0 Å². The fourth-order valence-corrected chi connectivity index (χ4v) is 3.37. The van der Waals surface area contributed by atoms with Crippen LogP contribution in [0.3, 0.4) is 0 Å². The Morgan fingerprint density at radius 3 is 2.50 bits per heavy atom. The van der Waals surface area contributed by atoms with Crippen molar-refractivity contribution in [3.05, 3.63) is 64.1 Å². The first-order chi connectivity index (χ1) is 12.3. The second kappa shape index (κ2) is 7.09. The van der Waals surface area contributed by atoms with E-state index in [1.165, 1.54) is 0 Å². The van der Waals surface area contributed by atoms with E-state index in [-0.39, 0.29) is 15.7 Å². The molecule has 0 aromatic heterocycles. The van der Waals surface area contributed by atoms with Crippen LogP contribution in [0.5, 0.6) is 0 Å². The standard InChI is InChI=1S/C19H16Cl2N2O3/c1-19(10-11-6-3-2-4-7-11)16(24)14(18(26)23-19)17(25)22-13-9-5-8-12(20)15(13)21/h2-9,14H,10H2,1H3,(H,22,25)(H,23,26). The normalized spacial score (nSPS) is 22.2. The third-order valence-corrected chi connectivity index (χ3v) is 5.16. The number of carbonyl (C=O) groups is 3. The summed E-state index contributed by atoms with van der Waals surface area (Å²) >= 11 is 12.0. The van der Waals surface area contributed by atoms with Crippen molar-refractivity contribution in [3.63, 3.8) is 0 Å². The van der Waals surface area contributed by atoms with Gasteiger partial charge in [-0.1, -0.05) is 59.6 Å². The Labute approximate surface area is 160 Å². The van der Waals surface area contributed by atoms with Gasteiger partial charge in [-0.3, -0.25) is 14.4 Å². The third-order valence-electron chi connectivity index (χ3n) is 4.34. The van der Waals surface area contributed by atoms with Crippen LogP contribution in [-0.4, -0.2) is 23.1 Å². The molecule has 1 aliphatic heterocycles. The van der Waals surface area contributed by atoms with Crippen molar-refractivity contribution in [1.82, 2.24) is 5.32 Å². The van der Waals surface area contributed by atoms with Crippen molar-refractivity contribution in [2.45, 2.75) is 18.9 Å². The predicted octanol–water partition coefficient (Wildman–Crippen LogP) is 3.25. The Kier molecular flexibility index (Phi) is 5.03. The first-order valence-electron chi connectivity index (χ1n) is 7.97. The molecule has 0 bridgehead atoms. The van der Waals surface area contributed by atoms with Crippen molar-refractivity contribution in [3.8, 4) is 0 Å². The molecule has 5 nitrogen and oxygen atoms in total. The van der Waals surface area contributed by atoms with E-state index in [1.54, 1.807) is 25.1 Å². The van der Waals surface area contributed by atoms with Gasteiger partial charge in [-0.15, -0.1) is 0 Å². The lowest BCUT2D eigenvalue weighted by Gasteiger charge is -2.22. The van der Waals surface area contributed by atoms with E-state index in [0.717, 1.165) is 5.56 Å². The molecule has 0 spiro atoms. The second-order valence-corrected chi connectivity index (χ2v) is 7.16. The van der Waals surface area contributed by atoms with E-state index in [4.69, 9.17) is 23.2 Å². The summed E-state index contributed by atoms with van der Waals surface area (Å²) in [5.74, 6) is -3.25. The molecule has 0 aliphatic carbocycles. The van der Waals surface area contributed by atoms with E-state index in [9.17, 15) is 14.4 Å². The summed E-state index contributed by atoms with van der Waals surface area (Å²) in [6.45, 7) is 1.62. The molecule has 2 unspecified atom stereocenters. The minimum atomic E-state index is -1.43. The highest BCUT2D eigenvalue weighted by Gasteiger charge is 2.52. The summed E-state index contributed by atoms with van der Waals surface area (Å²) in [7, 11) is 0. The molecule has 7 heteroatoms. The average molecular weight is 391 g/mol. The van der Waals surface area contributed by atoms with Gasteiger partial charge in [-0.05, 0) is 24.6 Å². The quantitative estimate of drug-likeness (QED) is 0.786. The molecule has 26 heavy (non-hydrogen) atoms. The lowest BCUT2D eigenvalue weighted by atomic mass is 9.86. The molecular formula is C19H16Cl2N2O3. The van der Waals surface area contributed by atoms with E-state index in [0.29, 0.717) is 6.42 Å². The monoisotopic (exact) mass is 390 g/mol. The van der Waals surface area contributed by atoms with E-state index < -0.39 is 29.1 Å². The van der Waals surface area contributed by atoms with Crippen LogP contribution in [0.25, 0.3) is 0 Å². The molecule has 2 amide bonds. The molecule has 2 aromatic rings. The van der Waals surface area contributed by atoms with Crippen LogP contribution >= 0.6 is 23.2 Å². The van der Waals surface area contributed by atoms with Crippen LogP contribution in [0, 0.1) is 5.92 Å². The van der Waals surface area contributed by atoms with Crippen LogP contribution in [0.4, 0.5) is 5.69 Å². The molecule has 1 heterocycles. The van der Waals surface area contributed by atoms with E-state index in [1.807, 2.05) is 30.3 Å². The lowest BCUT2D eigenvalue weighted by Crippen LogP contribution is -2.45. The Balaban J connectivity index is 1.80. The minimum Gasteiger partial charge on any atom is -0.342 e. The number of benzene rings is 2. The molecule has 1 saturated heterocycles. The Hall–Kier alpha value is -2.37. The number of rotatable bonds is 4. The maximum atomic E-state index is 12.8. The molecule has 2 N–H and O–H groups in total. The topological polar surface area (TPSA) is 75.3 Å². The summed E-state index contributed by atoms with van der Waals surface area (Å²) in [4.78, 5) is 37.7. The summed E-state index contributed by atoms with van der Waals surface area (Å²) in [5, 5.41) is 5.60. The van der Waals surface area contributed by atoms with Crippen LogP contribution in [-0.2, 0) is 20.8 Å². The highest BCUT2D eigenvalue weighted by Crippen LogP contribution is 2.31. The van der Waals surface area contributed by atoms with Crippen molar-refractivity contribution >= 4 is 46.5 Å². The molecule has 0 saturated carbocycles. The zero-order valence-corrected chi connectivity index (χ0v) is 15.4. The third kappa shape index (κ3) is 3.45. The van der Waals surface area contributed by atoms with E-state index in [2.05, 4.69) is 10.6 Å². The van der Waals surface area contributed by atoms with Crippen molar-refractivity contribution in [2.24, 2.45) is 5.92 Å².